The van der Waals surface area contributed by atoms with Crippen LogP contribution in [0.5, 0.6) is 0 Å². The maximum Gasteiger partial charge on any atom is 0.0588 e. The lowest BCUT2D eigenvalue weighted by molar-refractivity contribution is 1.26. The van der Waals surface area contributed by atoms with Crippen molar-refractivity contribution in [2.24, 2.45) is 10.2 Å². The van der Waals surface area contributed by atoms with E-state index in [2.05, 4.69) is 58.9 Å². The Hall–Kier alpha value is -4.18. The second-order valence-electron chi connectivity index (χ2n) is 7.54. The molecular formula is C28H26N4. The van der Waals surface area contributed by atoms with Gasteiger partial charge in [-0.1, -0.05) is 72.8 Å². The first kappa shape index (κ1) is 21.1. The van der Waals surface area contributed by atoms with Gasteiger partial charge in [0, 0.05) is 33.9 Å². The maximum absolute atomic E-state index is 4.30. The van der Waals surface area contributed by atoms with Gasteiger partial charge in [0.1, 0.15) is 0 Å². The molecule has 0 aliphatic heterocycles. The molecule has 0 spiro atoms. The summed E-state index contributed by atoms with van der Waals surface area (Å²) in [5.74, 6) is 0. The minimum Gasteiger partial charge on any atom is -0.355 e. The molecule has 4 rings (SSSR count). The number of rotatable bonds is 7. The molecule has 0 amide bonds. The van der Waals surface area contributed by atoms with E-state index in [1.807, 2.05) is 72.8 Å². The van der Waals surface area contributed by atoms with Crippen molar-refractivity contribution >= 4 is 35.2 Å². The van der Waals surface area contributed by atoms with E-state index in [9.17, 15) is 0 Å². The molecule has 0 aliphatic carbocycles. The van der Waals surface area contributed by atoms with Crippen molar-refractivity contribution in [3.63, 3.8) is 0 Å². The lowest BCUT2D eigenvalue weighted by Crippen LogP contribution is -1.97. The molecule has 0 saturated heterocycles. The second kappa shape index (κ2) is 10.2. The predicted molar refractivity (Wildman–Crippen MR) is 137 cm³/mol. The molecule has 0 aliphatic rings. The van der Waals surface area contributed by atoms with Gasteiger partial charge in [0.2, 0.25) is 0 Å². The Morgan fingerprint density at radius 1 is 0.469 bits per heavy atom. The number of benzene rings is 4. The SMILES string of the molecule is Cc1ccccc1Nc1ccccc1C=NN=Cc1ccccc1Nc1ccccc1C. The molecule has 4 aromatic rings. The number of aryl methyl sites for hydroxylation is 2. The van der Waals surface area contributed by atoms with Crippen molar-refractivity contribution in [1.29, 1.82) is 0 Å². The van der Waals surface area contributed by atoms with Gasteiger partial charge in [-0.15, -0.1) is 0 Å². The van der Waals surface area contributed by atoms with Gasteiger partial charge in [-0.25, -0.2) is 0 Å². The third-order valence-corrected chi connectivity index (χ3v) is 5.21. The van der Waals surface area contributed by atoms with E-state index in [-0.39, 0.29) is 0 Å². The third-order valence-electron chi connectivity index (χ3n) is 5.21. The van der Waals surface area contributed by atoms with Gasteiger partial charge in [-0.2, -0.15) is 10.2 Å². The normalized spacial score (nSPS) is 11.2. The molecule has 4 heteroatoms. The summed E-state index contributed by atoms with van der Waals surface area (Å²) in [5.41, 5.74) is 8.45. The van der Waals surface area contributed by atoms with E-state index in [0.717, 1.165) is 33.9 Å². The summed E-state index contributed by atoms with van der Waals surface area (Å²) < 4.78 is 0. The fourth-order valence-electron chi connectivity index (χ4n) is 3.35. The van der Waals surface area contributed by atoms with Crippen LogP contribution < -0.4 is 10.6 Å². The van der Waals surface area contributed by atoms with Gasteiger partial charge in [-0.05, 0) is 49.2 Å². The van der Waals surface area contributed by atoms with Gasteiger partial charge in [0.25, 0.3) is 0 Å². The van der Waals surface area contributed by atoms with Crippen LogP contribution in [0, 0.1) is 13.8 Å². The number of anilines is 4. The third kappa shape index (κ3) is 5.29. The minimum absolute atomic E-state index is 0.972. The summed E-state index contributed by atoms with van der Waals surface area (Å²) >= 11 is 0. The minimum atomic E-state index is 0.972. The molecule has 0 heterocycles. The van der Waals surface area contributed by atoms with Gasteiger partial charge in [0.15, 0.2) is 0 Å². The number of hydrogen-bond acceptors (Lipinski definition) is 4. The van der Waals surface area contributed by atoms with Crippen LogP contribution in [-0.4, -0.2) is 12.4 Å². The second-order valence-corrected chi connectivity index (χ2v) is 7.54. The summed E-state index contributed by atoms with van der Waals surface area (Å²) in [6, 6.07) is 32.6. The standard InChI is InChI=1S/C28H26N4/c1-21-11-3-7-15-25(21)31-27-17-9-5-13-23(27)19-29-30-20-24-14-6-10-18-28(24)32-26-16-8-4-12-22(26)2/h3-20,31-32H,1-2H3. The smallest absolute Gasteiger partial charge is 0.0588 e. The Kier molecular flexibility index (Phi) is 6.73. The number of hydrogen-bond donors (Lipinski definition) is 2. The molecule has 0 aromatic heterocycles. The largest absolute Gasteiger partial charge is 0.355 e. The molecule has 32 heavy (non-hydrogen) atoms. The Labute approximate surface area is 189 Å². The monoisotopic (exact) mass is 418 g/mol. The van der Waals surface area contributed by atoms with E-state index in [4.69, 9.17) is 0 Å². The molecule has 158 valence electrons. The van der Waals surface area contributed by atoms with E-state index >= 15 is 0 Å². The molecule has 0 fully saturated rings. The summed E-state index contributed by atoms with van der Waals surface area (Å²) in [4.78, 5) is 0. The van der Waals surface area contributed by atoms with Crippen LogP contribution in [0.2, 0.25) is 0 Å². The zero-order valence-electron chi connectivity index (χ0n) is 18.3. The van der Waals surface area contributed by atoms with Crippen LogP contribution in [0.1, 0.15) is 22.3 Å². The molecule has 0 atom stereocenters. The van der Waals surface area contributed by atoms with Gasteiger partial charge >= 0.3 is 0 Å². The van der Waals surface area contributed by atoms with Crippen molar-refractivity contribution in [3.05, 3.63) is 119 Å². The van der Waals surface area contributed by atoms with E-state index in [0.29, 0.717) is 0 Å². The molecule has 4 aromatic carbocycles. The van der Waals surface area contributed by atoms with E-state index in [1.165, 1.54) is 11.1 Å². The van der Waals surface area contributed by atoms with Crippen LogP contribution in [0.3, 0.4) is 0 Å². The van der Waals surface area contributed by atoms with E-state index in [1.54, 1.807) is 12.4 Å². The summed E-state index contributed by atoms with van der Waals surface area (Å²) in [6.07, 6.45) is 3.54. The van der Waals surface area contributed by atoms with Crippen molar-refractivity contribution in [3.8, 4) is 0 Å². The molecule has 4 nitrogen and oxygen atoms in total. The molecular weight excluding hydrogens is 392 g/mol. The fraction of sp³-hybridized carbons (Fsp3) is 0.0714. The highest BCUT2D eigenvalue weighted by Crippen LogP contribution is 2.23. The first-order valence-electron chi connectivity index (χ1n) is 10.6. The Morgan fingerprint density at radius 3 is 1.22 bits per heavy atom. The average Bonchev–Trinajstić information content (AvgIpc) is 2.81. The lowest BCUT2D eigenvalue weighted by Gasteiger charge is -2.11. The van der Waals surface area contributed by atoms with E-state index < -0.39 is 0 Å². The highest BCUT2D eigenvalue weighted by atomic mass is 15.2. The predicted octanol–water partition coefficient (Wildman–Crippen LogP) is 7.24. The van der Waals surface area contributed by atoms with Gasteiger partial charge in [0.05, 0.1) is 12.4 Å². The molecule has 2 N–H and O–H groups in total. The number of nitrogens with zero attached hydrogens (tertiary/aromatic N) is 2. The van der Waals surface area contributed by atoms with Crippen molar-refractivity contribution in [2.45, 2.75) is 13.8 Å². The van der Waals surface area contributed by atoms with Crippen LogP contribution in [0.4, 0.5) is 22.7 Å². The Morgan fingerprint density at radius 2 is 0.812 bits per heavy atom. The Balaban J connectivity index is 1.50. The quantitative estimate of drug-likeness (QED) is 0.245. The summed E-state index contributed by atoms with van der Waals surface area (Å²) in [6.45, 7) is 4.18. The van der Waals surface area contributed by atoms with Crippen molar-refractivity contribution < 1.29 is 0 Å². The van der Waals surface area contributed by atoms with Gasteiger partial charge in [-0.3, -0.25) is 0 Å². The first-order chi connectivity index (χ1) is 15.7. The van der Waals surface area contributed by atoms with Crippen molar-refractivity contribution in [1.82, 2.24) is 0 Å². The molecule has 0 unspecified atom stereocenters. The highest BCUT2D eigenvalue weighted by Gasteiger charge is 2.03. The first-order valence-corrected chi connectivity index (χ1v) is 10.6. The lowest BCUT2D eigenvalue weighted by atomic mass is 10.1. The number of para-hydroxylation sites is 4. The van der Waals surface area contributed by atoms with Crippen LogP contribution in [-0.2, 0) is 0 Å². The molecule has 0 saturated carbocycles. The van der Waals surface area contributed by atoms with Crippen molar-refractivity contribution in [2.75, 3.05) is 10.6 Å². The van der Waals surface area contributed by atoms with Crippen LogP contribution in [0.15, 0.2) is 107 Å². The maximum atomic E-state index is 4.30. The van der Waals surface area contributed by atoms with Gasteiger partial charge < -0.3 is 10.6 Å². The zero-order valence-corrected chi connectivity index (χ0v) is 18.3. The number of nitrogens with one attached hydrogen (secondary N) is 2. The molecule has 0 bridgehead atoms. The zero-order chi connectivity index (χ0) is 22.2. The fourth-order valence-corrected chi connectivity index (χ4v) is 3.35. The summed E-state index contributed by atoms with van der Waals surface area (Å²) in [5, 5.41) is 15.6. The average molecular weight is 419 g/mol. The Bertz CT molecular complexity index is 1160. The van der Waals surface area contributed by atoms with Crippen LogP contribution >= 0.6 is 0 Å². The summed E-state index contributed by atoms with van der Waals surface area (Å²) in [7, 11) is 0. The molecule has 0 radical (unpaired) electrons. The highest BCUT2D eigenvalue weighted by molar-refractivity contribution is 5.91. The van der Waals surface area contributed by atoms with Crippen LogP contribution in [0.25, 0.3) is 0 Å². The topological polar surface area (TPSA) is 48.8 Å².